The van der Waals surface area contributed by atoms with Crippen LogP contribution in [0.5, 0.6) is 0 Å². The van der Waals surface area contributed by atoms with Crippen LogP contribution in [0, 0.1) is 11.3 Å². The Morgan fingerprint density at radius 2 is 1.95 bits per heavy atom. The van der Waals surface area contributed by atoms with Crippen LogP contribution in [-0.4, -0.2) is 67.2 Å². The Morgan fingerprint density at radius 3 is 2.60 bits per heavy atom. The third kappa shape index (κ3) is 6.45. The van der Waals surface area contributed by atoms with E-state index in [9.17, 15) is 4.79 Å². The molecule has 0 saturated carbocycles. The van der Waals surface area contributed by atoms with Crippen LogP contribution in [-0.2, 0) is 13.8 Å². The van der Waals surface area contributed by atoms with Crippen LogP contribution in [0.3, 0.4) is 0 Å². The molecule has 1 aliphatic heterocycles. The third-order valence-corrected chi connectivity index (χ3v) is 8.57. The lowest BCUT2D eigenvalue weighted by Crippen LogP contribution is -2.37. The van der Waals surface area contributed by atoms with E-state index in [1.54, 1.807) is 24.3 Å². The monoisotopic (exact) mass is 571 g/mol. The van der Waals surface area contributed by atoms with Gasteiger partial charge in [-0.05, 0) is 46.2 Å². The second kappa shape index (κ2) is 13.5. The molecule has 0 bridgehead atoms. The molecule has 1 unspecified atom stereocenters. The number of hydrogen-bond acceptors (Lipinski definition) is 9. The van der Waals surface area contributed by atoms with Crippen molar-refractivity contribution in [2.24, 2.45) is 0 Å². The molecule has 214 valence electrons. The highest BCUT2D eigenvalue weighted by atomic mass is 31.2. The second-order valence-corrected chi connectivity index (χ2v) is 11.3. The van der Waals surface area contributed by atoms with Gasteiger partial charge in [-0.1, -0.05) is 25.1 Å². The van der Waals surface area contributed by atoms with Crippen molar-refractivity contribution in [3.8, 4) is 6.07 Å². The molecule has 1 aliphatic rings. The van der Waals surface area contributed by atoms with Crippen LogP contribution >= 0.6 is 8.53 Å². The standard InChI is InChI=1S/C27H35FN7O4P/c1-6-20-23(39-40(37-14-10-13-29)35(17(2)3)18(4)5)21(28)27(38-20)34-16-32-22-24(30-15-31-25(22)34)33-26(36)19-11-8-7-9-12-19/h7-9,11-12,15-18,20-21,23,27H,6,10,14H2,1-5H3,(H,30,31,33,36)/t20-,21+,23-,27-,40?/m1/s1. The zero-order valence-electron chi connectivity index (χ0n) is 23.3. The highest BCUT2D eigenvalue weighted by Gasteiger charge is 2.49. The SMILES string of the molecule is CC[C@H]1O[C@@H](n2cnc3c(NC(=O)c4ccccc4)ncnc32)[C@@H](F)[C@@H]1OP(OCCC#N)N(C(C)C)C(C)C. The molecule has 4 rings (SSSR count). The smallest absolute Gasteiger partial charge is 0.259 e. The van der Waals surface area contributed by atoms with Crippen LogP contribution in [0.2, 0.25) is 0 Å². The number of nitrogens with one attached hydrogen (secondary N) is 1. The van der Waals surface area contributed by atoms with Crippen molar-refractivity contribution in [2.75, 3.05) is 11.9 Å². The Labute approximate surface area is 234 Å². The summed E-state index contributed by atoms with van der Waals surface area (Å²) in [6, 6.07) is 11.0. The summed E-state index contributed by atoms with van der Waals surface area (Å²) in [7, 11) is -1.67. The molecule has 40 heavy (non-hydrogen) atoms. The molecule has 13 heteroatoms. The Morgan fingerprint density at radius 1 is 1.23 bits per heavy atom. The molecule has 3 heterocycles. The zero-order valence-corrected chi connectivity index (χ0v) is 24.2. The summed E-state index contributed by atoms with van der Waals surface area (Å²) in [6.45, 7) is 10.2. The van der Waals surface area contributed by atoms with Crippen molar-refractivity contribution in [1.29, 1.82) is 5.26 Å². The predicted molar refractivity (Wildman–Crippen MR) is 149 cm³/mol. The van der Waals surface area contributed by atoms with Gasteiger partial charge in [0, 0.05) is 17.6 Å². The number of nitriles is 1. The van der Waals surface area contributed by atoms with Gasteiger partial charge in [0.25, 0.3) is 14.4 Å². The summed E-state index contributed by atoms with van der Waals surface area (Å²) in [5.41, 5.74) is 1.10. The lowest BCUT2D eigenvalue weighted by atomic mass is 10.1. The summed E-state index contributed by atoms with van der Waals surface area (Å²) in [5, 5.41) is 11.8. The number of anilines is 1. The van der Waals surface area contributed by atoms with Crippen molar-refractivity contribution in [3.63, 3.8) is 0 Å². The number of imidazole rings is 1. The summed E-state index contributed by atoms with van der Waals surface area (Å²) in [6.07, 6.45) is -0.657. The lowest BCUT2D eigenvalue weighted by molar-refractivity contribution is -0.0230. The molecule has 5 atom stereocenters. The number of hydrogen-bond donors (Lipinski definition) is 1. The first kappa shape index (κ1) is 29.9. The molecule has 2 aromatic heterocycles. The number of halogens is 1. The maximum absolute atomic E-state index is 16.2. The van der Waals surface area contributed by atoms with Crippen LogP contribution in [0.25, 0.3) is 11.2 Å². The van der Waals surface area contributed by atoms with Gasteiger partial charge in [0.15, 0.2) is 29.4 Å². The highest BCUT2D eigenvalue weighted by molar-refractivity contribution is 7.44. The van der Waals surface area contributed by atoms with Gasteiger partial charge in [-0.3, -0.25) is 9.36 Å². The molecule has 0 spiro atoms. The number of benzene rings is 1. The first-order chi connectivity index (χ1) is 19.3. The number of carbonyl (C=O) groups is 1. The topological polar surface area (TPSA) is 127 Å². The average Bonchev–Trinajstić information content (AvgIpc) is 3.50. The summed E-state index contributed by atoms with van der Waals surface area (Å²) in [5.74, 6) is -0.135. The van der Waals surface area contributed by atoms with Crippen LogP contribution in [0.1, 0.15) is 64.0 Å². The van der Waals surface area contributed by atoms with Crippen LogP contribution in [0.4, 0.5) is 10.2 Å². The number of amides is 1. The minimum absolute atomic E-state index is 0.0725. The maximum atomic E-state index is 16.2. The number of aromatic nitrogens is 4. The number of carbonyl (C=O) groups excluding carboxylic acids is 1. The largest absolute Gasteiger partial charge is 0.349 e. The van der Waals surface area contributed by atoms with E-state index in [0.717, 1.165) is 0 Å². The zero-order chi connectivity index (χ0) is 28.8. The van der Waals surface area contributed by atoms with Crippen molar-refractivity contribution in [3.05, 3.63) is 48.5 Å². The minimum atomic E-state index is -1.67. The molecule has 1 saturated heterocycles. The van der Waals surface area contributed by atoms with E-state index in [-0.39, 0.29) is 36.8 Å². The summed E-state index contributed by atoms with van der Waals surface area (Å²) in [4.78, 5) is 25.6. The molecular weight excluding hydrogens is 536 g/mol. The van der Waals surface area contributed by atoms with Crippen molar-refractivity contribution in [2.45, 2.75) is 84.2 Å². The van der Waals surface area contributed by atoms with Crippen LogP contribution in [0.15, 0.2) is 43.0 Å². The fourth-order valence-electron chi connectivity index (χ4n) is 4.67. The highest BCUT2D eigenvalue weighted by Crippen LogP contribution is 2.51. The van der Waals surface area contributed by atoms with E-state index in [2.05, 4.69) is 31.0 Å². The van der Waals surface area contributed by atoms with Gasteiger partial charge < -0.3 is 19.1 Å². The molecule has 0 radical (unpaired) electrons. The predicted octanol–water partition coefficient (Wildman–Crippen LogP) is 5.39. The van der Waals surface area contributed by atoms with Crippen molar-refractivity contribution >= 4 is 31.4 Å². The minimum Gasteiger partial charge on any atom is -0.349 e. The van der Waals surface area contributed by atoms with Gasteiger partial charge in [-0.15, -0.1) is 0 Å². The van der Waals surface area contributed by atoms with E-state index in [1.807, 2.05) is 40.7 Å². The molecule has 1 fully saturated rings. The molecule has 11 nitrogen and oxygen atoms in total. The molecular formula is C27H35FN7O4P. The number of ether oxygens (including phenoxy) is 1. The van der Waals surface area contributed by atoms with Gasteiger partial charge in [0.2, 0.25) is 0 Å². The molecule has 1 aromatic carbocycles. The molecule has 1 N–H and O–H groups in total. The van der Waals surface area contributed by atoms with Gasteiger partial charge in [0.05, 0.1) is 31.5 Å². The Balaban J connectivity index is 1.59. The average molecular weight is 572 g/mol. The fraction of sp³-hybridized carbons (Fsp3) is 0.519. The van der Waals surface area contributed by atoms with Crippen molar-refractivity contribution < 1.29 is 23.0 Å². The van der Waals surface area contributed by atoms with Gasteiger partial charge >= 0.3 is 0 Å². The summed E-state index contributed by atoms with van der Waals surface area (Å²) < 4.78 is 38.3. The van der Waals surface area contributed by atoms with Gasteiger partial charge in [-0.2, -0.15) is 5.26 Å². The number of alkyl halides is 1. The van der Waals surface area contributed by atoms with Gasteiger partial charge in [-0.25, -0.2) is 24.0 Å². The summed E-state index contributed by atoms with van der Waals surface area (Å²) >= 11 is 0. The number of rotatable bonds is 12. The van der Waals surface area contributed by atoms with Crippen LogP contribution < -0.4 is 5.32 Å². The Bertz CT molecular complexity index is 1310. The first-order valence-electron chi connectivity index (χ1n) is 13.3. The first-order valence-corrected chi connectivity index (χ1v) is 14.5. The fourth-order valence-corrected chi connectivity index (χ4v) is 6.43. The van der Waals surface area contributed by atoms with Gasteiger partial charge in [0.1, 0.15) is 12.4 Å². The van der Waals surface area contributed by atoms with E-state index in [0.29, 0.717) is 23.1 Å². The Hall–Kier alpha value is -3.07. The Kier molecular flexibility index (Phi) is 10.1. The number of fused-ring (bicyclic) bond motifs is 1. The second-order valence-electron chi connectivity index (χ2n) is 9.90. The molecule has 1 amide bonds. The van der Waals surface area contributed by atoms with Crippen molar-refractivity contribution in [1.82, 2.24) is 24.2 Å². The van der Waals surface area contributed by atoms with E-state index in [1.165, 1.54) is 17.2 Å². The molecule has 3 aromatic rings. The van der Waals surface area contributed by atoms with E-state index < -0.39 is 33.1 Å². The number of nitrogens with zero attached hydrogens (tertiary/aromatic N) is 6. The quantitative estimate of drug-likeness (QED) is 0.225. The van der Waals surface area contributed by atoms with E-state index >= 15 is 4.39 Å². The lowest BCUT2D eigenvalue weighted by Gasteiger charge is -2.37. The molecule has 0 aliphatic carbocycles. The van der Waals surface area contributed by atoms with E-state index in [4.69, 9.17) is 19.0 Å². The third-order valence-electron chi connectivity index (χ3n) is 6.44. The maximum Gasteiger partial charge on any atom is 0.259 e. The normalized spacial score (nSPS) is 21.8.